The highest BCUT2D eigenvalue weighted by molar-refractivity contribution is 8.04. The van der Waals surface area contributed by atoms with E-state index in [2.05, 4.69) is 15.6 Å². The number of sulfonamides is 2. The van der Waals surface area contributed by atoms with Crippen molar-refractivity contribution in [3.05, 3.63) is 108 Å². The van der Waals surface area contributed by atoms with Gasteiger partial charge in [0.15, 0.2) is 5.82 Å². The Morgan fingerprint density at radius 1 is 0.795 bits per heavy atom. The van der Waals surface area contributed by atoms with Crippen molar-refractivity contribution in [1.82, 2.24) is 18.7 Å². The van der Waals surface area contributed by atoms with E-state index in [4.69, 9.17) is 4.98 Å². The predicted octanol–water partition coefficient (Wildman–Crippen LogP) is 4.94. The Balaban J connectivity index is 1.45. The molecule has 0 fully saturated rings. The third-order valence-corrected chi connectivity index (χ3v) is 10.1. The molecule has 0 aromatic heterocycles. The largest absolute Gasteiger partial charge is 0.324 e. The maximum Gasteiger partial charge on any atom is 0.254 e. The van der Waals surface area contributed by atoms with Crippen LogP contribution < -0.4 is 4.13 Å². The number of hydrogen-bond acceptors (Lipinski definition) is 6. The van der Waals surface area contributed by atoms with Crippen molar-refractivity contribution in [2.45, 2.75) is 43.5 Å². The molecule has 39 heavy (non-hydrogen) atoms. The average Bonchev–Trinajstić information content (AvgIpc) is 3.37. The molecule has 2 heterocycles. The van der Waals surface area contributed by atoms with Crippen molar-refractivity contribution in [3.8, 4) is 22.6 Å². The fourth-order valence-corrected chi connectivity index (χ4v) is 7.71. The topological polar surface area (TPSA) is 111 Å². The van der Waals surface area contributed by atoms with E-state index in [9.17, 15) is 16.8 Å². The van der Waals surface area contributed by atoms with Crippen LogP contribution in [-0.4, -0.2) is 31.4 Å². The van der Waals surface area contributed by atoms with Crippen LogP contribution in [0.4, 0.5) is 0 Å². The second-order valence-corrected chi connectivity index (χ2v) is 12.9. The number of aryl methyl sites for hydroxylation is 3. The van der Waals surface area contributed by atoms with Gasteiger partial charge in [-0.3, -0.25) is 0 Å². The van der Waals surface area contributed by atoms with Crippen molar-refractivity contribution in [2.24, 2.45) is 0 Å². The quantitative estimate of drug-likeness (QED) is 0.288. The molecule has 3 aromatic carbocycles. The van der Waals surface area contributed by atoms with Gasteiger partial charge in [-0.25, -0.2) is 26.8 Å². The zero-order chi connectivity index (χ0) is 27.8. The number of fused-ring (bicyclic) bond motifs is 1. The van der Waals surface area contributed by atoms with E-state index in [-0.39, 0.29) is 9.79 Å². The number of benzene rings is 3. The maximum atomic E-state index is 13.2. The van der Waals surface area contributed by atoms with Crippen LogP contribution in [0.5, 0.6) is 0 Å². The van der Waals surface area contributed by atoms with Gasteiger partial charge >= 0.3 is 0 Å². The number of imidazole rings is 1. The summed E-state index contributed by atoms with van der Waals surface area (Å²) >= 11 is 0. The number of nitrogens with one attached hydrogen (secondary N) is 1. The lowest BCUT2D eigenvalue weighted by molar-refractivity contribution is 0.577. The molecule has 0 saturated carbocycles. The van der Waals surface area contributed by atoms with Gasteiger partial charge in [0.2, 0.25) is 0 Å². The van der Waals surface area contributed by atoms with Gasteiger partial charge in [-0.15, -0.1) is 4.13 Å². The molecule has 10 heteroatoms. The Hall–Kier alpha value is -3.86. The van der Waals surface area contributed by atoms with E-state index in [0.717, 1.165) is 40.6 Å². The highest BCUT2D eigenvalue weighted by Gasteiger charge is 2.27. The summed E-state index contributed by atoms with van der Waals surface area (Å²) in [7, 11) is -8.68. The molecule has 2 aliphatic heterocycles. The molecule has 0 amide bonds. The molecule has 5 rings (SSSR count). The van der Waals surface area contributed by atoms with E-state index in [0.29, 0.717) is 17.7 Å². The summed E-state index contributed by atoms with van der Waals surface area (Å²) in [6, 6.07) is 23.4. The van der Waals surface area contributed by atoms with E-state index in [1.165, 1.54) is 30.3 Å². The zero-order valence-corrected chi connectivity index (χ0v) is 23.4. The molecule has 0 radical (unpaired) electrons. The first-order chi connectivity index (χ1) is 18.6. The first kappa shape index (κ1) is 26.7. The third kappa shape index (κ3) is 5.36. The summed E-state index contributed by atoms with van der Waals surface area (Å²) in [6.07, 6.45) is 0.756. The normalized spacial score (nSPS) is 12.2. The third-order valence-electron chi connectivity index (χ3n) is 6.54. The van der Waals surface area contributed by atoms with Crippen LogP contribution in [0.25, 0.3) is 22.6 Å². The zero-order valence-electron chi connectivity index (χ0n) is 21.8. The van der Waals surface area contributed by atoms with Gasteiger partial charge in [0.25, 0.3) is 20.0 Å². The van der Waals surface area contributed by atoms with Gasteiger partial charge in [0.05, 0.1) is 9.79 Å². The van der Waals surface area contributed by atoms with E-state index in [1.54, 1.807) is 24.3 Å². The summed E-state index contributed by atoms with van der Waals surface area (Å²) in [5.74, 6) is 1.65. The van der Waals surface area contributed by atoms with Crippen LogP contribution in [0.1, 0.15) is 29.6 Å². The second kappa shape index (κ2) is 10.4. The van der Waals surface area contributed by atoms with Crippen molar-refractivity contribution in [2.75, 3.05) is 0 Å². The lowest BCUT2D eigenvalue weighted by Gasteiger charge is -2.17. The van der Waals surface area contributed by atoms with E-state index >= 15 is 0 Å². The SMILES string of the molecule is CCc1nc2c(C)cc(C)n(Cc3ccc(-c4ccccc4S(=O)(=O)NS(=O)(=O)c4ccccc4)cc3)c-2n1. The number of pyridine rings is 1. The van der Waals surface area contributed by atoms with Crippen LogP contribution >= 0.6 is 0 Å². The molecule has 3 aromatic rings. The van der Waals surface area contributed by atoms with Crippen LogP contribution in [0.3, 0.4) is 0 Å². The molecule has 0 bridgehead atoms. The molecule has 8 nitrogen and oxygen atoms in total. The first-order valence-corrected chi connectivity index (χ1v) is 15.4. The molecule has 0 unspecified atom stereocenters. The standard InChI is InChI=1S/C29H28N4O4S2/c1-4-27-30-28-20(2)18-21(3)33(29(28)31-27)19-22-14-16-23(17-15-22)25-12-8-9-13-26(25)39(36,37)32-38(34,35)24-10-6-5-7-11-24/h5-18,32H,4,19H2,1-3H3. The fourth-order valence-electron chi connectivity index (χ4n) is 4.57. The van der Waals surface area contributed by atoms with Gasteiger partial charge < -0.3 is 4.57 Å². The Labute approximate surface area is 228 Å². The lowest BCUT2D eigenvalue weighted by Crippen LogP contribution is -2.31. The van der Waals surface area contributed by atoms with Gasteiger partial charge in [0, 0.05) is 24.2 Å². The molecular formula is C29H28N4O4S2. The predicted molar refractivity (Wildman–Crippen MR) is 150 cm³/mol. The Morgan fingerprint density at radius 2 is 1.46 bits per heavy atom. The van der Waals surface area contributed by atoms with Gasteiger partial charge in [-0.05, 0) is 54.8 Å². The maximum absolute atomic E-state index is 13.2. The lowest BCUT2D eigenvalue weighted by atomic mass is 10.0. The summed E-state index contributed by atoms with van der Waals surface area (Å²) in [5.41, 5.74) is 5.09. The minimum absolute atomic E-state index is 0.123. The molecule has 1 N–H and O–H groups in total. The molecule has 0 atom stereocenters. The molecule has 0 aliphatic carbocycles. The van der Waals surface area contributed by atoms with Gasteiger partial charge in [-0.2, -0.15) is 0 Å². The number of rotatable bonds is 8. The number of nitrogens with zero attached hydrogens (tertiary/aromatic N) is 3. The molecule has 2 aliphatic rings. The Kier molecular flexibility index (Phi) is 7.11. The second-order valence-electron chi connectivity index (χ2n) is 9.32. The Morgan fingerprint density at radius 3 is 2.15 bits per heavy atom. The van der Waals surface area contributed by atoms with Crippen molar-refractivity contribution < 1.29 is 16.8 Å². The average molecular weight is 561 g/mol. The number of hydrogen-bond donors (Lipinski definition) is 1. The fraction of sp³-hybridized carbons (Fsp3) is 0.172. The Bertz CT molecular complexity index is 1830. The summed E-state index contributed by atoms with van der Waals surface area (Å²) in [6.45, 7) is 6.68. The summed E-state index contributed by atoms with van der Waals surface area (Å²) in [4.78, 5) is 9.15. The van der Waals surface area contributed by atoms with Crippen LogP contribution in [0, 0.1) is 13.8 Å². The summed E-state index contributed by atoms with van der Waals surface area (Å²) < 4.78 is 56.0. The van der Waals surface area contributed by atoms with Crippen LogP contribution in [0.2, 0.25) is 0 Å². The van der Waals surface area contributed by atoms with E-state index < -0.39 is 20.0 Å². The van der Waals surface area contributed by atoms with Crippen molar-refractivity contribution in [3.63, 3.8) is 0 Å². The van der Waals surface area contributed by atoms with Crippen LogP contribution in [-0.2, 0) is 33.0 Å². The van der Waals surface area contributed by atoms with Gasteiger partial charge in [-0.1, -0.05) is 67.6 Å². The first-order valence-electron chi connectivity index (χ1n) is 12.4. The molecule has 0 spiro atoms. The smallest absolute Gasteiger partial charge is 0.254 e. The molecule has 200 valence electrons. The molecular weight excluding hydrogens is 532 g/mol. The minimum Gasteiger partial charge on any atom is -0.324 e. The van der Waals surface area contributed by atoms with Crippen molar-refractivity contribution >= 4 is 20.0 Å². The van der Waals surface area contributed by atoms with Crippen LogP contribution in [0.15, 0.2) is 94.7 Å². The van der Waals surface area contributed by atoms with E-state index in [1.807, 2.05) is 49.2 Å². The number of aromatic nitrogens is 3. The van der Waals surface area contributed by atoms with Gasteiger partial charge in [0.1, 0.15) is 11.5 Å². The minimum atomic E-state index is -4.40. The summed E-state index contributed by atoms with van der Waals surface area (Å²) in [5, 5.41) is 0. The highest BCUT2D eigenvalue weighted by Crippen LogP contribution is 2.30. The monoisotopic (exact) mass is 560 g/mol. The van der Waals surface area contributed by atoms with Crippen molar-refractivity contribution in [1.29, 1.82) is 0 Å². The molecule has 0 saturated heterocycles. The highest BCUT2D eigenvalue weighted by atomic mass is 32.3.